The van der Waals surface area contributed by atoms with Gasteiger partial charge in [-0.2, -0.15) is 0 Å². The van der Waals surface area contributed by atoms with E-state index in [2.05, 4.69) is 5.32 Å². The summed E-state index contributed by atoms with van der Waals surface area (Å²) in [6.45, 7) is 1.38. The van der Waals surface area contributed by atoms with Gasteiger partial charge in [0.25, 0.3) is 11.8 Å². The standard InChI is InChI=1S/C33H38N4O8/c1-36(2)13-5-12-35-32(44)17-8-6-16(7-9-17)19-10-11-22(38)24-20(19)14-18-15-21-26(37(3)4)28(40)25(31(34)43)30(42)33(21,45)29(41)23(18)27(24)39/h6-11,18,21,26,38,40-41,45H,5,12-15H2,1-4H3,(H2,34,43)(H,35,44)/t18-,21-,26+,33-/m0/s1. The van der Waals surface area contributed by atoms with Crippen molar-refractivity contribution in [1.29, 1.82) is 0 Å². The van der Waals surface area contributed by atoms with Crippen LogP contribution in [-0.2, 0) is 16.0 Å². The van der Waals surface area contributed by atoms with Gasteiger partial charge in [-0.15, -0.1) is 0 Å². The molecule has 0 aromatic heterocycles. The number of nitrogens with one attached hydrogen (secondary N) is 1. The van der Waals surface area contributed by atoms with E-state index in [1.165, 1.54) is 11.0 Å². The number of amides is 2. The molecule has 0 radical (unpaired) electrons. The molecule has 0 aliphatic heterocycles. The number of hydrogen-bond acceptors (Lipinski definition) is 10. The van der Waals surface area contributed by atoms with Gasteiger partial charge in [0.1, 0.15) is 22.8 Å². The zero-order valence-corrected chi connectivity index (χ0v) is 25.6. The number of carbonyl (C=O) groups excluding carboxylic acids is 4. The molecule has 0 bridgehead atoms. The molecular weight excluding hydrogens is 580 g/mol. The Morgan fingerprint density at radius 3 is 2.29 bits per heavy atom. The van der Waals surface area contributed by atoms with Crippen molar-refractivity contribution in [2.24, 2.45) is 17.6 Å². The maximum absolute atomic E-state index is 14.0. The van der Waals surface area contributed by atoms with Gasteiger partial charge in [0, 0.05) is 23.6 Å². The Labute approximate surface area is 260 Å². The second kappa shape index (κ2) is 11.8. The molecule has 12 heteroatoms. The summed E-state index contributed by atoms with van der Waals surface area (Å²) in [5, 5.41) is 47.9. The van der Waals surface area contributed by atoms with E-state index in [0.29, 0.717) is 28.8 Å². The molecule has 2 aromatic rings. The van der Waals surface area contributed by atoms with Crippen LogP contribution in [-0.4, -0.2) is 107 Å². The lowest BCUT2D eigenvalue weighted by Gasteiger charge is -2.50. The van der Waals surface area contributed by atoms with Crippen molar-refractivity contribution in [3.05, 3.63) is 75.8 Å². The summed E-state index contributed by atoms with van der Waals surface area (Å²) < 4.78 is 0. The number of fused-ring (bicyclic) bond motifs is 3. The molecule has 3 aliphatic carbocycles. The SMILES string of the molecule is CN(C)CCCNC(=O)c1ccc(-c2ccc(O)c3c2C[C@H]2C[C@H]4[C@@H](N(C)C)C(O)=C(C(N)=O)C(=O)[C@@]4(O)C(O)=C2C3=O)cc1. The third kappa shape index (κ3) is 5.18. The molecule has 3 aliphatic rings. The van der Waals surface area contributed by atoms with Crippen molar-refractivity contribution < 1.29 is 39.6 Å². The summed E-state index contributed by atoms with van der Waals surface area (Å²) in [6, 6.07) is 8.83. The van der Waals surface area contributed by atoms with Gasteiger partial charge in [-0.05, 0) is 94.8 Å². The second-order valence-corrected chi connectivity index (χ2v) is 12.4. The maximum atomic E-state index is 14.0. The summed E-state index contributed by atoms with van der Waals surface area (Å²) in [7, 11) is 7.09. The van der Waals surface area contributed by atoms with Crippen LogP contribution in [0.3, 0.4) is 0 Å². The minimum Gasteiger partial charge on any atom is -0.510 e. The van der Waals surface area contributed by atoms with Gasteiger partial charge in [-0.1, -0.05) is 18.2 Å². The van der Waals surface area contributed by atoms with E-state index in [0.717, 1.165) is 13.0 Å². The van der Waals surface area contributed by atoms with E-state index in [1.54, 1.807) is 44.4 Å². The number of benzene rings is 2. The Bertz CT molecular complexity index is 1660. The molecule has 238 valence electrons. The molecule has 2 amide bonds. The molecule has 2 aromatic carbocycles. The highest BCUT2D eigenvalue weighted by Gasteiger charge is 2.63. The van der Waals surface area contributed by atoms with E-state index in [1.807, 2.05) is 19.0 Å². The lowest BCUT2D eigenvalue weighted by atomic mass is 9.58. The predicted molar refractivity (Wildman–Crippen MR) is 165 cm³/mol. The molecule has 0 spiro atoms. The van der Waals surface area contributed by atoms with Crippen molar-refractivity contribution in [1.82, 2.24) is 15.1 Å². The third-order valence-corrected chi connectivity index (χ3v) is 9.13. The quantitative estimate of drug-likeness (QED) is 0.186. The number of rotatable bonds is 8. The molecule has 0 heterocycles. The highest BCUT2D eigenvalue weighted by atomic mass is 16.3. The van der Waals surface area contributed by atoms with E-state index in [4.69, 9.17) is 5.73 Å². The first kappa shape index (κ1) is 31.9. The van der Waals surface area contributed by atoms with Gasteiger partial charge in [0.15, 0.2) is 11.4 Å². The molecule has 5 rings (SSSR count). The Morgan fingerprint density at radius 1 is 1.02 bits per heavy atom. The first-order valence-corrected chi connectivity index (χ1v) is 14.7. The zero-order valence-electron chi connectivity index (χ0n) is 25.6. The average Bonchev–Trinajstić information content (AvgIpc) is 2.97. The Hall–Kier alpha value is -4.52. The number of phenols is 1. The number of aromatic hydroxyl groups is 1. The van der Waals surface area contributed by atoms with Gasteiger partial charge < -0.3 is 36.4 Å². The third-order valence-electron chi connectivity index (χ3n) is 9.13. The number of aliphatic hydroxyl groups is 3. The number of phenolic OH excluding ortho intramolecular Hbond substituents is 1. The molecule has 0 saturated heterocycles. The van der Waals surface area contributed by atoms with Crippen molar-refractivity contribution in [3.8, 4) is 16.9 Å². The molecule has 0 unspecified atom stereocenters. The number of aliphatic hydroxyl groups excluding tert-OH is 2. The van der Waals surface area contributed by atoms with Gasteiger partial charge in [-0.3, -0.25) is 24.1 Å². The van der Waals surface area contributed by atoms with Gasteiger partial charge in [0.05, 0.1) is 11.6 Å². The number of carbonyl (C=O) groups is 4. The number of hydrogen-bond donors (Lipinski definition) is 6. The van der Waals surface area contributed by atoms with E-state index >= 15 is 0 Å². The maximum Gasteiger partial charge on any atom is 0.255 e. The largest absolute Gasteiger partial charge is 0.510 e. The first-order valence-electron chi connectivity index (χ1n) is 14.7. The van der Waals surface area contributed by atoms with Gasteiger partial charge >= 0.3 is 0 Å². The molecule has 45 heavy (non-hydrogen) atoms. The molecular formula is C33H38N4O8. The first-order chi connectivity index (χ1) is 21.2. The Kier molecular flexibility index (Phi) is 8.34. The fraction of sp³-hybridized carbons (Fsp3) is 0.394. The van der Waals surface area contributed by atoms with Crippen LogP contribution in [0.15, 0.2) is 59.1 Å². The molecule has 7 N–H and O–H groups in total. The Morgan fingerprint density at radius 2 is 1.69 bits per heavy atom. The summed E-state index contributed by atoms with van der Waals surface area (Å²) in [5.74, 6) is -7.19. The lowest BCUT2D eigenvalue weighted by molar-refractivity contribution is -0.148. The van der Waals surface area contributed by atoms with Crippen LogP contribution in [0.5, 0.6) is 5.75 Å². The number of nitrogens with two attached hydrogens (primary N) is 1. The Balaban J connectivity index is 1.53. The summed E-state index contributed by atoms with van der Waals surface area (Å²) in [4.78, 5) is 55.8. The predicted octanol–water partition coefficient (Wildman–Crippen LogP) is 1.47. The second-order valence-electron chi connectivity index (χ2n) is 12.4. The van der Waals surface area contributed by atoms with Crippen LogP contribution in [0.1, 0.15) is 39.1 Å². The monoisotopic (exact) mass is 618 g/mol. The highest BCUT2D eigenvalue weighted by molar-refractivity contribution is 6.25. The van der Waals surface area contributed by atoms with Crippen LogP contribution >= 0.6 is 0 Å². The van der Waals surface area contributed by atoms with Crippen LogP contribution in [0, 0.1) is 11.8 Å². The van der Waals surface area contributed by atoms with Crippen molar-refractivity contribution in [2.45, 2.75) is 30.9 Å². The van der Waals surface area contributed by atoms with Crippen LogP contribution in [0.2, 0.25) is 0 Å². The fourth-order valence-corrected chi connectivity index (χ4v) is 7.02. The van der Waals surface area contributed by atoms with E-state index < -0.39 is 58.0 Å². The van der Waals surface area contributed by atoms with Gasteiger partial charge in [0.2, 0.25) is 5.78 Å². The van der Waals surface area contributed by atoms with Gasteiger partial charge in [-0.25, -0.2) is 0 Å². The summed E-state index contributed by atoms with van der Waals surface area (Å²) in [6.07, 6.45) is 0.960. The fourth-order valence-electron chi connectivity index (χ4n) is 7.02. The van der Waals surface area contributed by atoms with Crippen LogP contribution in [0.4, 0.5) is 0 Å². The molecule has 4 atom stereocenters. The zero-order chi connectivity index (χ0) is 33.0. The molecule has 0 saturated carbocycles. The highest BCUT2D eigenvalue weighted by Crippen LogP contribution is 2.53. The summed E-state index contributed by atoms with van der Waals surface area (Å²) in [5.41, 5.74) is 3.85. The smallest absolute Gasteiger partial charge is 0.255 e. The van der Waals surface area contributed by atoms with Crippen LogP contribution < -0.4 is 11.1 Å². The number of Topliss-reactive ketones (excluding diaryl/α,β-unsaturated/α-hetero) is 2. The molecule has 0 fully saturated rings. The topological polar surface area (TPSA) is 194 Å². The van der Waals surface area contributed by atoms with E-state index in [-0.39, 0.29) is 35.6 Å². The summed E-state index contributed by atoms with van der Waals surface area (Å²) >= 11 is 0. The number of likely N-dealkylation sites (N-methyl/N-ethyl adjacent to an activating group) is 1. The molecule has 12 nitrogen and oxygen atoms in total. The lowest BCUT2D eigenvalue weighted by Crippen LogP contribution is -2.63. The van der Waals surface area contributed by atoms with Crippen LogP contribution in [0.25, 0.3) is 11.1 Å². The van der Waals surface area contributed by atoms with E-state index in [9.17, 15) is 39.6 Å². The normalized spacial score (nSPS) is 24.5. The number of allylic oxidation sites excluding steroid dienone is 1. The minimum absolute atomic E-state index is 0.00616. The van der Waals surface area contributed by atoms with Crippen molar-refractivity contribution in [3.63, 3.8) is 0 Å². The number of primary amides is 1. The number of ketones is 2. The van der Waals surface area contributed by atoms with Crippen molar-refractivity contribution in [2.75, 3.05) is 41.3 Å². The average molecular weight is 619 g/mol. The minimum atomic E-state index is -2.69. The number of nitrogens with zero attached hydrogens (tertiary/aromatic N) is 2. The van der Waals surface area contributed by atoms with Crippen molar-refractivity contribution >= 4 is 23.4 Å².